The molecule has 1 aromatic carbocycles. The van der Waals surface area contributed by atoms with E-state index in [1.165, 1.54) is 30.4 Å². The summed E-state index contributed by atoms with van der Waals surface area (Å²) in [5, 5.41) is 20.0. The van der Waals surface area contributed by atoms with Crippen LogP contribution in [0.25, 0.3) is 0 Å². The normalized spacial score (nSPS) is 35.1. The van der Waals surface area contributed by atoms with Crippen molar-refractivity contribution >= 4 is 7.82 Å². The van der Waals surface area contributed by atoms with E-state index in [9.17, 15) is 10.2 Å². The minimum absolute atomic E-state index is 0. The van der Waals surface area contributed by atoms with Crippen molar-refractivity contribution in [3.05, 3.63) is 29.3 Å². The summed E-state index contributed by atoms with van der Waals surface area (Å²) < 4.78 is 8.88. The van der Waals surface area contributed by atoms with E-state index in [2.05, 4.69) is 13.0 Å². The topological polar surface area (TPSA) is 118 Å². The SMILES string of the molecule is C[C@]12CC[C@@H]3c4ccc(O)cc4CC[C@H]3[C@@H]1CC[C@@H]2O.O=P(O)(O)O.[H-].[Na+]. The zero-order valence-corrected chi connectivity index (χ0v) is 18.3. The third-order valence-corrected chi connectivity index (χ3v) is 6.66. The fourth-order valence-electron chi connectivity index (χ4n) is 5.54. The number of aryl methyl sites for hydroxylation is 1. The summed E-state index contributed by atoms with van der Waals surface area (Å²) in [5.41, 5.74) is 2.99. The summed E-state index contributed by atoms with van der Waals surface area (Å²) >= 11 is 0. The van der Waals surface area contributed by atoms with Crippen molar-refractivity contribution in [2.24, 2.45) is 17.3 Å². The van der Waals surface area contributed by atoms with Crippen LogP contribution in [0, 0.1) is 17.3 Å². The minimum atomic E-state index is -4.64. The Kier molecular flexibility index (Phi) is 7.07. The molecule has 8 heteroatoms. The van der Waals surface area contributed by atoms with Crippen LogP contribution in [-0.4, -0.2) is 31.0 Å². The quantitative estimate of drug-likeness (QED) is 0.307. The van der Waals surface area contributed by atoms with Crippen LogP contribution in [0.4, 0.5) is 0 Å². The third-order valence-electron chi connectivity index (χ3n) is 6.66. The molecule has 0 amide bonds. The first-order valence-electron chi connectivity index (χ1n) is 8.88. The van der Waals surface area contributed by atoms with Gasteiger partial charge in [-0.25, -0.2) is 4.57 Å². The molecule has 142 valence electrons. The fraction of sp³-hybridized carbons (Fsp3) is 0.667. The molecular formula is C18H28NaO6P. The van der Waals surface area contributed by atoms with Crippen LogP contribution in [-0.2, 0) is 11.0 Å². The summed E-state index contributed by atoms with van der Waals surface area (Å²) in [7, 11) is -4.64. The number of hydrogen-bond acceptors (Lipinski definition) is 3. The maximum atomic E-state index is 10.4. The summed E-state index contributed by atoms with van der Waals surface area (Å²) in [6.45, 7) is 2.32. The number of aromatic hydroxyl groups is 1. The van der Waals surface area contributed by atoms with Gasteiger partial charge in [-0.1, -0.05) is 13.0 Å². The molecule has 0 unspecified atom stereocenters. The molecule has 6 nitrogen and oxygen atoms in total. The number of fused-ring (bicyclic) bond motifs is 5. The van der Waals surface area contributed by atoms with E-state index in [1.54, 1.807) is 0 Å². The number of aliphatic hydroxyl groups is 1. The van der Waals surface area contributed by atoms with Gasteiger partial charge in [0.1, 0.15) is 5.75 Å². The number of phenols is 1. The number of phenolic OH excluding ortho intramolecular Hbond substituents is 1. The molecule has 2 saturated carbocycles. The average Bonchev–Trinajstić information content (AvgIpc) is 2.81. The minimum Gasteiger partial charge on any atom is -1.00 e. The largest absolute Gasteiger partial charge is 1.00 e. The Morgan fingerprint density at radius 3 is 2.46 bits per heavy atom. The standard InChI is InChI=1S/C18H24O2.Na.H3O4P.H/c1-18-9-8-14-13-5-3-12(19)10-11(13)2-4-15(14)16(18)6-7-17(18)20;;1-5(2,3)4;/h3,5,10,14-17,19-20H,2,4,6-9H2,1H3;;(H3,1,2,3,4);/q;+1;;-1/t14-,15-,16+,17+,18+;;;/m1.../s1. The molecule has 1 aromatic rings. The van der Waals surface area contributed by atoms with Gasteiger partial charge in [-0.05, 0) is 85.0 Å². The molecule has 3 aliphatic carbocycles. The smallest absolute Gasteiger partial charge is 1.00 e. The van der Waals surface area contributed by atoms with Gasteiger partial charge in [0, 0.05) is 0 Å². The first kappa shape index (κ1) is 22.4. The van der Waals surface area contributed by atoms with Crippen molar-refractivity contribution in [2.75, 3.05) is 0 Å². The van der Waals surface area contributed by atoms with Gasteiger partial charge in [0.15, 0.2) is 0 Å². The number of benzene rings is 1. The molecule has 0 radical (unpaired) electrons. The number of rotatable bonds is 0. The molecule has 0 spiro atoms. The van der Waals surface area contributed by atoms with Crippen LogP contribution < -0.4 is 29.6 Å². The third kappa shape index (κ3) is 4.56. The summed E-state index contributed by atoms with van der Waals surface area (Å²) in [6.07, 6.45) is 6.78. The Balaban J connectivity index is 0.000000468. The summed E-state index contributed by atoms with van der Waals surface area (Å²) in [4.78, 5) is 21.6. The van der Waals surface area contributed by atoms with E-state index in [-0.39, 0.29) is 42.5 Å². The Labute approximate surface area is 177 Å². The number of aliphatic hydroxyl groups excluding tert-OH is 1. The van der Waals surface area contributed by atoms with Crippen molar-refractivity contribution in [2.45, 2.75) is 57.5 Å². The zero-order valence-electron chi connectivity index (χ0n) is 16.4. The van der Waals surface area contributed by atoms with Crippen LogP contribution in [0.15, 0.2) is 18.2 Å². The van der Waals surface area contributed by atoms with Crippen molar-refractivity contribution in [3.63, 3.8) is 0 Å². The molecule has 0 bridgehead atoms. The van der Waals surface area contributed by atoms with Crippen molar-refractivity contribution in [3.8, 4) is 5.75 Å². The van der Waals surface area contributed by atoms with Gasteiger partial charge in [0.2, 0.25) is 0 Å². The zero-order chi connectivity index (χ0) is 18.4. The molecule has 0 aliphatic heterocycles. The maximum Gasteiger partial charge on any atom is 1.00 e. The van der Waals surface area contributed by atoms with Crippen LogP contribution >= 0.6 is 7.82 Å². The first-order valence-corrected chi connectivity index (χ1v) is 10.4. The summed E-state index contributed by atoms with van der Waals surface area (Å²) in [5.74, 6) is 2.49. The molecule has 4 rings (SSSR count). The van der Waals surface area contributed by atoms with Gasteiger partial charge < -0.3 is 26.3 Å². The van der Waals surface area contributed by atoms with Gasteiger partial charge in [-0.15, -0.1) is 0 Å². The van der Waals surface area contributed by atoms with Crippen LogP contribution in [0.5, 0.6) is 5.75 Å². The van der Waals surface area contributed by atoms with Crippen LogP contribution in [0.3, 0.4) is 0 Å². The molecule has 0 aromatic heterocycles. The maximum absolute atomic E-state index is 10.4. The van der Waals surface area contributed by atoms with Crippen molar-refractivity contribution in [1.29, 1.82) is 0 Å². The average molecular weight is 394 g/mol. The number of hydrogen-bond donors (Lipinski definition) is 5. The Bertz CT molecular complexity index is 690. The second-order valence-corrected chi connectivity index (χ2v) is 8.98. The van der Waals surface area contributed by atoms with E-state index < -0.39 is 7.82 Å². The van der Waals surface area contributed by atoms with Gasteiger partial charge in [0.25, 0.3) is 0 Å². The van der Waals surface area contributed by atoms with Crippen LogP contribution in [0.1, 0.15) is 57.5 Å². The monoisotopic (exact) mass is 394 g/mol. The Morgan fingerprint density at radius 2 is 1.81 bits per heavy atom. The molecule has 0 heterocycles. The number of phosphoric acid groups is 1. The molecule has 3 aliphatic rings. The Hall–Kier alpha value is 0.0900. The van der Waals surface area contributed by atoms with E-state index in [1.807, 2.05) is 12.1 Å². The van der Waals surface area contributed by atoms with Crippen molar-refractivity contribution < 1.29 is 60.4 Å². The molecule has 2 fully saturated rings. The van der Waals surface area contributed by atoms with Gasteiger partial charge in [0.05, 0.1) is 6.10 Å². The molecule has 5 atom stereocenters. The van der Waals surface area contributed by atoms with Crippen LogP contribution in [0.2, 0.25) is 0 Å². The van der Waals surface area contributed by atoms with E-state index in [0.29, 0.717) is 17.6 Å². The van der Waals surface area contributed by atoms with Gasteiger partial charge in [-0.2, -0.15) is 0 Å². The van der Waals surface area contributed by atoms with E-state index in [0.717, 1.165) is 25.2 Å². The molecular weight excluding hydrogens is 366 g/mol. The second kappa shape index (κ2) is 8.22. The van der Waals surface area contributed by atoms with E-state index >= 15 is 0 Å². The summed E-state index contributed by atoms with van der Waals surface area (Å²) in [6, 6.07) is 5.96. The molecule has 0 saturated heterocycles. The predicted molar refractivity (Wildman–Crippen MR) is 94.1 cm³/mol. The predicted octanol–water partition coefficient (Wildman–Crippen LogP) is -0.203. The first-order chi connectivity index (χ1) is 11.6. The molecule has 26 heavy (non-hydrogen) atoms. The Morgan fingerprint density at radius 1 is 1.15 bits per heavy atom. The van der Waals surface area contributed by atoms with Crippen molar-refractivity contribution in [1.82, 2.24) is 0 Å². The van der Waals surface area contributed by atoms with Gasteiger partial charge in [-0.3, -0.25) is 0 Å². The fourth-order valence-corrected chi connectivity index (χ4v) is 5.54. The van der Waals surface area contributed by atoms with E-state index in [4.69, 9.17) is 19.2 Å². The molecule has 5 N–H and O–H groups in total. The van der Waals surface area contributed by atoms with Gasteiger partial charge >= 0.3 is 37.4 Å². The second-order valence-electron chi connectivity index (χ2n) is 7.95.